The summed E-state index contributed by atoms with van der Waals surface area (Å²) in [6, 6.07) is 11.7. The van der Waals surface area contributed by atoms with Crippen LogP contribution >= 0.6 is 11.8 Å². The third-order valence-electron chi connectivity index (χ3n) is 3.32. The van der Waals surface area contributed by atoms with E-state index in [1.807, 2.05) is 13.0 Å². The number of aromatic hydroxyl groups is 1. The average Bonchev–Trinajstić information content (AvgIpc) is 2.50. The molecule has 0 bridgehead atoms. The number of benzene rings is 2. The summed E-state index contributed by atoms with van der Waals surface area (Å²) in [5.41, 5.74) is 1.40. The van der Waals surface area contributed by atoms with Crippen LogP contribution in [0.15, 0.2) is 47.4 Å². The van der Waals surface area contributed by atoms with Crippen molar-refractivity contribution < 1.29 is 14.7 Å². The Balaban J connectivity index is 1.84. The largest absolute Gasteiger partial charge is 0.506 e. The lowest BCUT2D eigenvalue weighted by molar-refractivity contribution is -0.115. The predicted octanol–water partition coefficient (Wildman–Crippen LogP) is 3.08. The molecule has 3 rings (SSSR count). The fraction of sp³-hybridized carbons (Fsp3) is 0.125. The molecule has 0 aliphatic carbocycles. The Morgan fingerprint density at radius 2 is 2.05 bits per heavy atom. The monoisotopic (exact) mass is 314 g/mol. The van der Waals surface area contributed by atoms with Crippen molar-refractivity contribution in [2.45, 2.75) is 17.1 Å². The summed E-state index contributed by atoms with van der Waals surface area (Å²) in [7, 11) is 0. The zero-order valence-electron chi connectivity index (χ0n) is 11.8. The smallest absolute Gasteiger partial charge is 0.255 e. The van der Waals surface area contributed by atoms with Crippen molar-refractivity contribution in [3.63, 3.8) is 0 Å². The fourth-order valence-electron chi connectivity index (χ4n) is 2.12. The molecule has 112 valence electrons. The van der Waals surface area contributed by atoms with Gasteiger partial charge in [0.1, 0.15) is 5.75 Å². The first-order valence-electron chi connectivity index (χ1n) is 6.75. The van der Waals surface area contributed by atoms with Crippen molar-refractivity contribution in [3.8, 4) is 5.75 Å². The maximum absolute atomic E-state index is 12.3. The number of fused-ring (bicyclic) bond motifs is 1. The van der Waals surface area contributed by atoms with Gasteiger partial charge in [-0.15, -0.1) is 11.8 Å². The maximum atomic E-state index is 12.3. The molecule has 0 saturated carbocycles. The van der Waals surface area contributed by atoms with Crippen LogP contribution in [0.2, 0.25) is 0 Å². The highest BCUT2D eigenvalue weighted by atomic mass is 32.2. The zero-order chi connectivity index (χ0) is 15.7. The van der Waals surface area contributed by atoms with E-state index in [2.05, 4.69) is 10.6 Å². The van der Waals surface area contributed by atoms with E-state index in [9.17, 15) is 14.7 Å². The van der Waals surface area contributed by atoms with Gasteiger partial charge in [0, 0.05) is 10.5 Å². The van der Waals surface area contributed by atoms with Crippen LogP contribution in [-0.4, -0.2) is 22.2 Å². The van der Waals surface area contributed by atoms with Gasteiger partial charge in [0.2, 0.25) is 5.91 Å². The van der Waals surface area contributed by atoms with Crippen LogP contribution in [0.3, 0.4) is 0 Å². The molecule has 5 nitrogen and oxygen atoms in total. The first kappa shape index (κ1) is 14.5. The minimum atomic E-state index is -0.345. The molecule has 2 aromatic rings. The molecule has 0 saturated heterocycles. The van der Waals surface area contributed by atoms with Crippen LogP contribution in [0, 0.1) is 0 Å². The molecule has 3 N–H and O–H groups in total. The maximum Gasteiger partial charge on any atom is 0.255 e. The molecular weight excluding hydrogens is 300 g/mol. The van der Waals surface area contributed by atoms with E-state index < -0.39 is 0 Å². The molecule has 0 aromatic heterocycles. The lowest BCUT2D eigenvalue weighted by Gasteiger charge is -2.21. The Kier molecular flexibility index (Phi) is 3.77. The van der Waals surface area contributed by atoms with Gasteiger partial charge in [-0.2, -0.15) is 0 Å². The standard InChI is InChI=1S/C16H14N2O3S/c1-9-15(20)18-12-8-10(6-7-14(12)22-9)16(21)17-11-4-2-3-5-13(11)19/h2-9,19H,1H3,(H,17,21)(H,18,20). The van der Waals surface area contributed by atoms with Crippen LogP contribution in [0.1, 0.15) is 17.3 Å². The third-order valence-corrected chi connectivity index (χ3v) is 4.50. The Bertz CT molecular complexity index is 761. The van der Waals surface area contributed by atoms with Crippen molar-refractivity contribution in [1.29, 1.82) is 0 Å². The Labute approximate surface area is 131 Å². The van der Waals surface area contributed by atoms with E-state index in [0.29, 0.717) is 16.9 Å². The van der Waals surface area contributed by atoms with Crippen LogP contribution in [-0.2, 0) is 4.79 Å². The molecule has 1 aliphatic heterocycles. The number of thioether (sulfide) groups is 1. The molecule has 1 heterocycles. The topological polar surface area (TPSA) is 78.4 Å². The average molecular weight is 314 g/mol. The van der Waals surface area contributed by atoms with Gasteiger partial charge in [-0.25, -0.2) is 0 Å². The minimum absolute atomic E-state index is 0.00601. The molecule has 0 spiro atoms. The fourth-order valence-corrected chi connectivity index (χ4v) is 3.05. The van der Waals surface area contributed by atoms with Gasteiger partial charge in [-0.1, -0.05) is 12.1 Å². The zero-order valence-corrected chi connectivity index (χ0v) is 12.6. The van der Waals surface area contributed by atoms with Crippen molar-refractivity contribution in [3.05, 3.63) is 48.0 Å². The van der Waals surface area contributed by atoms with E-state index in [1.54, 1.807) is 30.3 Å². The van der Waals surface area contributed by atoms with Crippen LogP contribution < -0.4 is 10.6 Å². The van der Waals surface area contributed by atoms with E-state index in [0.717, 1.165) is 4.90 Å². The number of carbonyl (C=O) groups excluding carboxylic acids is 2. The number of rotatable bonds is 2. The van der Waals surface area contributed by atoms with E-state index in [-0.39, 0.29) is 22.8 Å². The third kappa shape index (κ3) is 2.78. The SMILES string of the molecule is CC1Sc2ccc(C(=O)Nc3ccccc3O)cc2NC1=O. The van der Waals surface area contributed by atoms with Crippen molar-refractivity contribution in [1.82, 2.24) is 0 Å². The number of phenols is 1. The first-order valence-corrected chi connectivity index (χ1v) is 7.63. The van der Waals surface area contributed by atoms with E-state index in [4.69, 9.17) is 0 Å². The first-order chi connectivity index (χ1) is 10.5. The summed E-state index contributed by atoms with van der Waals surface area (Å²) < 4.78 is 0. The second kappa shape index (κ2) is 5.73. The molecule has 1 unspecified atom stereocenters. The number of nitrogens with one attached hydrogen (secondary N) is 2. The highest BCUT2D eigenvalue weighted by Crippen LogP contribution is 2.36. The highest BCUT2D eigenvalue weighted by molar-refractivity contribution is 8.00. The number of phenolic OH excluding ortho intramolecular Hbond substituents is 1. The minimum Gasteiger partial charge on any atom is -0.506 e. The normalized spacial score (nSPS) is 16.6. The van der Waals surface area contributed by atoms with Gasteiger partial charge in [-0.05, 0) is 37.3 Å². The molecule has 1 aliphatic rings. The number of carbonyl (C=O) groups is 2. The van der Waals surface area contributed by atoms with Crippen LogP contribution in [0.4, 0.5) is 11.4 Å². The van der Waals surface area contributed by atoms with E-state index >= 15 is 0 Å². The van der Waals surface area contributed by atoms with Crippen LogP contribution in [0.25, 0.3) is 0 Å². The van der Waals surface area contributed by atoms with Crippen LogP contribution in [0.5, 0.6) is 5.75 Å². The number of hydrogen-bond donors (Lipinski definition) is 3. The summed E-state index contributed by atoms with van der Waals surface area (Å²) >= 11 is 1.46. The summed E-state index contributed by atoms with van der Waals surface area (Å²) in [6.45, 7) is 1.84. The molecule has 6 heteroatoms. The number of anilines is 2. The molecule has 22 heavy (non-hydrogen) atoms. The van der Waals surface area contributed by atoms with Gasteiger partial charge < -0.3 is 15.7 Å². The highest BCUT2D eigenvalue weighted by Gasteiger charge is 2.23. The van der Waals surface area contributed by atoms with Gasteiger partial charge in [0.15, 0.2) is 0 Å². The van der Waals surface area contributed by atoms with Gasteiger partial charge >= 0.3 is 0 Å². The molecule has 0 radical (unpaired) electrons. The van der Waals surface area contributed by atoms with Gasteiger partial charge in [0.05, 0.1) is 16.6 Å². The summed E-state index contributed by atoms with van der Waals surface area (Å²) in [6.07, 6.45) is 0. The van der Waals surface area contributed by atoms with Crippen molar-refractivity contribution in [2.75, 3.05) is 10.6 Å². The quantitative estimate of drug-likeness (QED) is 0.744. The van der Waals surface area contributed by atoms with Crippen molar-refractivity contribution >= 4 is 35.0 Å². The van der Waals surface area contributed by atoms with Gasteiger partial charge in [-0.3, -0.25) is 9.59 Å². The van der Waals surface area contributed by atoms with Crippen molar-refractivity contribution in [2.24, 2.45) is 0 Å². The summed E-state index contributed by atoms with van der Waals surface area (Å²) in [4.78, 5) is 24.9. The van der Waals surface area contributed by atoms with Gasteiger partial charge in [0.25, 0.3) is 5.91 Å². The lowest BCUT2D eigenvalue weighted by Crippen LogP contribution is -2.26. The second-order valence-corrected chi connectivity index (χ2v) is 6.31. The lowest BCUT2D eigenvalue weighted by atomic mass is 10.1. The molecule has 2 aromatic carbocycles. The van der Waals surface area contributed by atoms with E-state index in [1.165, 1.54) is 17.8 Å². The molecule has 1 atom stereocenters. The summed E-state index contributed by atoms with van der Waals surface area (Å²) in [5, 5.41) is 15.0. The number of hydrogen-bond acceptors (Lipinski definition) is 4. The second-order valence-electron chi connectivity index (χ2n) is 4.93. The molecule has 0 fully saturated rings. The Morgan fingerprint density at radius 3 is 2.82 bits per heavy atom. The Hall–Kier alpha value is -2.47. The molecule has 2 amide bonds. The predicted molar refractivity (Wildman–Crippen MR) is 86.5 cm³/mol. The number of amides is 2. The Morgan fingerprint density at radius 1 is 1.27 bits per heavy atom. The summed E-state index contributed by atoms with van der Waals surface area (Å²) in [5.74, 6) is -0.413. The number of para-hydroxylation sites is 2. The molecular formula is C16H14N2O3S.